The van der Waals surface area contributed by atoms with Gasteiger partial charge in [-0.25, -0.2) is 0 Å². The van der Waals surface area contributed by atoms with Gasteiger partial charge in [-0.05, 0) is 56.9 Å². The smallest absolute Gasteiger partial charge is 0.0948 e. The first kappa shape index (κ1) is 17.3. The monoisotopic (exact) mass is 307 g/mol. The van der Waals surface area contributed by atoms with Crippen LogP contribution in [0.2, 0.25) is 0 Å². The Hall–Kier alpha value is -1.10. The maximum atomic E-state index is 10.3. The maximum absolute atomic E-state index is 10.3. The fraction of sp³-hybridized carbons (Fsp3) is 0.667. The number of aryl methyl sites for hydroxylation is 2. The molecule has 1 aromatic carbocycles. The summed E-state index contributed by atoms with van der Waals surface area (Å²) >= 11 is 0. The summed E-state index contributed by atoms with van der Waals surface area (Å²) in [7, 11) is 0. The highest BCUT2D eigenvalue weighted by atomic mass is 16.5. The molecule has 1 heterocycles. The number of likely N-dealkylation sites (N-methyl/N-ethyl adjacent to an activating group) is 1. The number of benzene rings is 1. The largest absolute Gasteiger partial charge is 0.389 e. The van der Waals surface area contributed by atoms with Gasteiger partial charge in [-0.15, -0.1) is 0 Å². The van der Waals surface area contributed by atoms with Crippen LogP contribution in [0.3, 0.4) is 0 Å². The van der Waals surface area contributed by atoms with Crippen LogP contribution in [0, 0.1) is 13.8 Å². The van der Waals surface area contributed by atoms with E-state index in [0.29, 0.717) is 13.2 Å². The molecule has 124 valence electrons. The van der Waals surface area contributed by atoms with Gasteiger partial charge in [0.2, 0.25) is 0 Å². The Balaban J connectivity index is 1.85. The molecule has 1 saturated heterocycles. The van der Waals surface area contributed by atoms with Crippen LogP contribution in [-0.4, -0.2) is 50.2 Å². The van der Waals surface area contributed by atoms with Crippen molar-refractivity contribution in [3.63, 3.8) is 0 Å². The van der Waals surface area contributed by atoms with Crippen molar-refractivity contribution in [1.29, 1.82) is 0 Å². The van der Waals surface area contributed by atoms with Crippen molar-refractivity contribution >= 4 is 5.69 Å². The molecule has 0 saturated carbocycles. The minimum Gasteiger partial charge on any atom is -0.389 e. The zero-order chi connectivity index (χ0) is 15.9. The second-order valence-corrected chi connectivity index (χ2v) is 6.18. The first-order chi connectivity index (χ1) is 10.6. The molecule has 0 spiro atoms. The van der Waals surface area contributed by atoms with Crippen LogP contribution < -0.4 is 4.90 Å². The lowest BCUT2D eigenvalue weighted by atomic mass is 10.1. The number of aliphatic hydroxyl groups is 1. The molecule has 1 unspecified atom stereocenters. The van der Waals surface area contributed by atoms with E-state index in [9.17, 15) is 5.11 Å². The van der Waals surface area contributed by atoms with E-state index in [4.69, 9.17) is 9.47 Å². The summed E-state index contributed by atoms with van der Waals surface area (Å²) < 4.78 is 11.1. The van der Waals surface area contributed by atoms with Crippen LogP contribution in [0.15, 0.2) is 18.2 Å². The van der Waals surface area contributed by atoms with E-state index in [1.807, 2.05) is 0 Å². The fourth-order valence-electron chi connectivity index (χ4n) is 2.95. The Bertz CT molecular complexity index is 437. The van der Waals surface area contributed by atoms with E-state index in [0.717, 1.165) is 32.6 Å². The van der Waals surface area contributed by atoms with Crippen molar-refractivity contribution in [2.45, 2.75) is 45.8 Å². The van der Waals surface area contributed by atoms with Crippen molar-refractivity contribution < 1.29 is 14.6 Å². The number of ether oxygens (including phenoxy) is 2. The van der Waals surface area contributed by atoms with Crippen LogP contribution in [0.5, 0.6) is 0 Å². The molecule has 1 N–H and O–H groups in total. The number of anilines is 1. The molecule has 22 heavy (non-hydrogen) atoms. The normalized spacial score (nSPS) is 17.5. The molecule has 1 fully saturated rings. The van der Waals surface area contributed by atoms with Crippen LogP contribution in [-0.2, 0) is 9.47 Å². The van der Waals surface area contributed by atoms with Crippen molar-refractivity contribution in [3.8, 4) is 0 Å². The number of hydrogen-bond acceptors (Lipinski definition) is 4. The molecular formula is C18H29NO3. The quantitative estimate of drug-likeness (QED) is 0.841. The summed E-state index contributed by atoms with van der Waals surface area (Å²) in [5.74, 6) is 0. The Morgan fingerprint density at radius 2 is 1.86 bits per heavy atom. The van der Waals surface area contributed by atoms with Gasteiger partial charge in [0.25, 0.3) is 0 Å². The molecule has 0 amide bonds. The predicted octanol–water partition coefficient (Wildman–Crippen LogP) is 2.69. The van der Waals surface area contributed by atoms with Gasteiger partial charge in [0.15, 0.2) is 0 Å². The van der Waals surface area contributed by atoms with E-state index in [2.05, 4.69) is 43.9 Å². The van der Waals surface area contributed by atoms with E-state index in [1.54, 1.807) is 0 Å². The topological polar surface area (TPSA) is 41.9 Å². The highest BCUT2D eigenvalue weighted by Gasteiger charge is 2.17. The average Bonchev–Trinajstić information content (AvgIpc) is 2.50. The lowest BCUT2D eigenvalue weighted by Crippen LogP contribution is -2.36. The second kappa shape index (κ2) is 8.51. The minimum atomic E-state index is -0.469. The van der Waals surface area contributed by atoms with E-state index in [-0.39, 0.29) is 6.10 Å². The number of hydrogen-bond donors (Lipinski definition) is 1. The number of rotatable bonds is 7. The number of aliphatic hydroxyl groups excluding tert-OH is 1. The van der Waals surface area contributed by atoms with Crippen LogP contribution in [0.4, 0.5) is 5.69 Å². The lowest BCUT2D eigenvalue weighted by molar-refractivity contribution is -0.0575. The highest BCUT2D eigenvalue weighted by Crippen LogP contribution is 2.19. The Morgan fingerprint density at radius 1 is 1.23 bits per heavy atom. The molecule has 0 aliphatic carbocycles. The van der Waals surface area contributed by atoms with E-state index in [1.165, 1.54) is 16.8 Å². The van der Waals surface area contributed by atoms with Gasteiger partial charge >= 0.3 is 0 Å². The standard InChI is InChI=1S/C18H29NO3/c1-4-19(16-10-14(2)9-15(3)11-16)12-17(20)13-22-18-5-7-21-8-6-18/h9-11,17-18,20H,4-8,12-13H2,1-3H3. The average molecular weight is 307 g/mol. The summed E-state index contributed by atoms with van der Waals surface area (Å²) in [6, 6.07) is 6.51. The molecule has 0 aromatic heterocycles. The van der Waals surface area contributed by atoms with Gasteiger partial charge in [0.05, 0.1) is 18.8 Å². The highest BCUT2D eigenvalue weighted by molar-refractivity contribution is 5.50. The summed E-state index contributed by atoms with van der Waals surface area (Å²) in [4.78, 5) is 2.21. The first-order valence-corrected chi connectivity index (χ1v) is 8.29. The molecule has 1 aliphatic heterocycles. The summed E-state index contributed by atoms with van der Waals surface area (Å²) in [5, 5.41) is 10.3. The minimum absolute atomic E-state index is 0.236. The predicted molar refractivity (Wildman–Crippen MR) is 89.6 cm³/mol. The van der Waals surface area contributed by atoms with Gasteiger partial charge in [0.1, 0.15) is 0 Å². The molecule has 4 heteroatoms. The molecule has 2 rings (SSSR count). The Morgan fingerprint density at radius 3 is 2.45 bits per heavy atom. The number of nitrogens with zero attached hydrogens (tertiary/aromatic N) is 1. The van der Waals surface area contributed by atoms with Crippen molar-refractivity contribution in [1.82, 2.24) is 0 Å². The van der Waals surface area contributed by atoms with E-state index >= 15 is 0 Å². The third-order valence-corrected chi connectivity index (χ3v) is 4.08. The zero-order valence-electron chi connectivity index (χ0n) is 14.0. The molecule has 1 aromatic rings. The Labute approximate surface area is 134 Å². The van der Waals surface area contributed by atoms with Gasteiger partial charge < -0.3 is 19.5 Å². The summed E-state index contributed by atoms with van der Waals surface area (Å²) in [6.45, 7) is 9.73. The Kier molecular flexibility index (Phi) is 6.68. The van der Waals surface area contributed by atoms with Gasteiger partial charge in [0, 0.05) is 32.0 Å². The lowest BCUT2D eigenvalue weighted by Gasteiger charge is -2.28. The van der Waals surface area contributed by atoms with Crippen molar-refractivity contribution in [2.75, 3.05) is 37.8 Å². The fourth-order valence-corrected chi connectivity index (χ4v) is 2.95. The van der Waals surface area contributed by atoms with E-state index < -0.39 is 6.10 Å². The molecule has 4 nitrogen and oxygen atoms in total. The summed E-state index contributed by atoms with van der Waals surface area (Å²) in [6.07, 6.45) is 1.63. The van der Waals surface area contributed by atoms with Crippen LogP contribution >= 0.6 is 0 Å². The van der Waals surface area contributed by atoms with Crippen LogP contribution in [0.25, 0.3) is 0 Å². The van der Waals surface area contributed by atoms with Gasteiger partial charge in [-0.3, -0.25) is 0 Å². The SMILES string of the molecule is CCN(CC(O)COC1CCOCC1)c1cc(C)cc(C)c1. The third-order valence-electron chi connectivity index (χ3n) is 4.08. The first-order valence-electron chi connectivity index (χ1n) is 8.29. The third kappa shape index (κ3) is 5.27. The van der Waals surface area contributed by atoms with Crippen molar-refractivity contribution in [2.24, 2.45) is 0 Å². The van der Waals surface area contributed by atoms with Gasteiger partial charge in [-0.2, -0.15) is 0 Å². The summed E-state index contributed by atoms with van der Waals surface area (Å²) in [5.41, 5.74) is 3.67. The maximum Gasteiger partial charge on any atom is 0.0948 e. The molecule has 0 radical (unpaired) electrons. The molecular weight excluding hydrogens is 278 g/mol. The zero-order valence-corrected chi connectivity index (χ0v) is 14.0. The van der Waals surface area contributed by atoms with Crippen molar-refractivity contribution in [3.05, 3.63) is 29.3 Å². The van der Waals surface area contributed by atoms with Crippen LogP contribution in [0.1, 0.15) is 30.9 Å². The molecule has 1 aliphatic rings. The molecule has 1 atom stereocenters. The molecule has 0 bridgehead atoms. The van der Waals surface area contributed by atoms with Gasteiger partial charge in [-0.1, -0.05) is 6.07 Å². The second-order valence-electron chi connectivity index (χ2n) is 6.18.